The predicted octanol–water partition coefficient (Wildman–Crippen LogP) is 3.13. The maximum absolute atomic E-state index is 12.7. The van der Waals surface area contributed by atoms with Gasteiger partial charge in [-0.15, -0.1) is 17.9 Å². The second kappa shape index (κ2) is 6.72. The van der Waals surface area contributed by atoms with Crippen molar-refractivity contribution in [2.75, 3.05) is 19.0 Å². The molecule has 122 valence electrons. The number of nitrogens with zero attached hydrogens (tertiary/aromatic N) is 1. The minimum absolute atomic E-state index is 0.181. The van der Waals surface area contributed by atoms with Crippen molar-refractivity contribution in [3.8, 4) is 5.75 Å². The van der Waals surface area contributed by atoms with Gasteiger partial charge < -0.3 is 10.1 Å². The number of amides is 2. The minimum atomic E-state index is -0.348. The number of rotatable bonds is 6. The third-order valence-corrected chi connectivity index (χ3v) is 4.49. The van der Waals surface area contributed by atoms with Crippen LogP contribution in [0.2, 0.25) is 0 Å². The van der Waals surface area contributed by atoms with E-state index in [0.717, 1.165) is 10.6 Å². The molecule has 1 N–H and O–H groups in total. The molecule has 0 bridgehead atoms. The van der Waals surface area contributed by atoms with Gasteiger partial charge in [-0.25, -0.2) is 0 Å². The van der Waals surface area contributed by atoms with Crippen LogP contribution in [-0.4, -0.2) is 30.4 Å². The molecule has 0 saturated heterocycles. The van der Waals surface area contributed by atoms with Crippen LogP contribution >= 0.6 is 11.3 Å². The average Bonchev–Trinajstić information content (AvgIpc) is 3.19. The molecule has 1 aliphatic heterocycles. The summed E-state index contributed by atoms with van der Waals surface area (Å²) in [5.74, 6) is 0.0626. The summed E-state index contributed by atoms with van der Waals surface area (Å²) in [6.07, 6.45) is 1.54. The Hall–Kier alpha value is -2.86. The van der Waals surface area contributed by atoms with Gasteiger partial charge in [0.05, 0.1) is 12.7 Å². The third-order valence-electron chi connectivity index (χ3n) is 3.61. The number of imide groups is 1. The van der Waals surface area contributed by atoms with E-state index in [2.05, 4.69) is 11.9 Å². The standard InChI is InChI=1S/C18H16N2O3S/c1-3-10-20-17(21)15(14-5-4-11-24-14)16(18(20)22)19-12-6-8-13(23-2)9-7-12/h3-9,11,19H,1,10H2,2H3. The molecule has 1 aliphatic rings. The highest BCUT2D eigenvalue weighted by atomic mass is 32.1. The summed E-state index contributed by atoms with van der Waals surface area (Å²) in [6, 6.07) is 10.9. The lowest BCUT2D eigenvalue weighted by molar-refractivity contribution is -0.136. The van der Waals surface area contributed by atoms with E-state index < -0.39 is 0 Å². The molecule has 1 aromatic carbocycles. The number of carbonyl (C=O) groups excluding carboxylic acids is 2. The van der Waals surface area contributed by atoms with Gasteiger partial charge in [0.15, 0.2) is 0 Å². The number of carbonyl (C=O) groups is 2. The summed E-state index contributed by atoms with van der Waals surface area (Å²) in [4.78, 5) is 27.3. The van der Waals surface area contributed by atoms with Crippen LogP contribution in [0, 0.1) is 0 Å². The molecule has 0 saturated carbocycles. The molecule has 0 aliphatic carbocycles. The number of thiophene rings is 1. The second-order valence-corrected chi connectivity index (χ2v) is 6.04. The number of hydrogen-bond acceptors (Lipinski definition) is 5. The fourth-order valence-corrected chi connectivity index (χ4v) is 3.22. The number of nitrogens with one attached hydrogen (secondary N) is 1. The van der Waals surface area contributed by atoms with Gasteiger partial charge in [-0.1, -0.05) is 12.1 Å². The van der Waals surface area contributed by atoms with Gasteiger partial charge in [-0.05, 0) is 35.7 Å². The van der Waals surface area contributed by atoms with Crippen LogP contribution in [0.15, 0.2) is 60.1 Å². The molecule has 24 heavy (non-hydrogen) atoms. The van der Waals surface area contributed by atoms with Crippen LogP contribution in [0.5, 0.6) is 5.75 Å². The first-order valence-corrected chi connectivity index (χ1v) is 8.20. The van der Waals surface area contributed by atoms with Gasteiger partial charge >= 0.3 is 0 Å². The van der Waals surface area contributed by atoms with E-state index in [9.17, 15) is 9.59 Å². The van der Waals surface area contributed by atoms with Crippen molar-refractivity contribution in [2.24, 2.45) is 0 Å². The fraction of sp³-hybridized carbons (Fsp3) is 0.111. The van der Waals surface area contributed by atoms with Crippen molar-refractivity contribution in [3.05, 3.63) is 65.0 Å². The van der Waals surface area contributed by atoms with Gasteiger partial charge in [0.1, 0.15) is 11.4 Å². The number of hydrogen-bond donors (Lipinski definition) is 1. The molecule has 0 fully saturated rings. The monoisotopic (exact) mass is 340 g/mol. The van der Waals surface area contributed by atoms with Crippen LogP contribution < -0.4 is 10.1 Å². The van der Waals surface area contributed by atoms with E-state index >= 15 is 0 Å². The number of anilines is 1. The van der Waals surface area contributed by atoms with Gasteiger partial charge in [0, 0.05) is 17.1 Å². The summed E-state index contributed by atoms with van der Waals surface area (Å²) >= 11 is 1.42. The Labute approximate surface area is 143 Å². The first kappa shape index (κ1) is 16.0. The molecule has 2 amide bonds. The molecule has 3 rings (SSSR count). The molecular formula is C18H16N2O3S. The van der Waals surface area contributed by atoms with Crippen molar-refractivity contribution < 1.29 is 14.3 Å². The van der Waals surface area contributed by atoms with Crippen LogP contribution in [0.3, 0.4) is 0 Å². The topological polar surface area (TPSA) is 58.6 Å². The van der Waals surface area contributed by atoms with E-state index in [1.807, 2.05) is 17.5 Å². The molecule has 1 aromatic heterocycles. The van der Waals surface area contributed by atoms with E-state index in [1.54, 1.807) is 31.4 Å². The first-order chi connectivity index (χ1) is 11.7. The number of benzene rings is 1. The zero-order valence-corrected chi connectivity index (χ0v) is 13.9. The summed E-state index contributed by atoms with van der Waals surface area (Å²) < 4.78 is 5.13. The second-order valence-electron chi connectivity index (χ2n) is 5.09. The lowest BCUT2D eigenvalue weighted by Crippen LogP contribution is -2.32. The zero-order chi connectivity index (χ0) is 17.1. The normalized spacial score (nSPS) is 14.3. The molecule has 5 nitrogen and oxygen atoms in total. The minimum Gasteiger partial charge on any atom is -0.497 e. The maximum atomic E-state index is 12.7. The third kappa shape index (κ3) is 2.83. The van der Waals surface area contributed by atoms with E-state index in [1.165, 1.54) is 22.3 Å². The Morgan fingerprint density at radius 1 is 1.21 bits per heavy atom. The van der Waals surface area contributed by atoms with Crippen molar-refractivity contribution >= 4 is 34.4 Å². The van der Waals surface area contributed by atoms with Gasteiger partial charge in [0.2, 0.25) is 0 Å². The highest BCUT2D eigenvalue weighted by Crippen LogP contribution is 2.32. The Morgan fingerprint density at radius 3 is 2.54 bits per heavy atom. The molecule has 0 atom stereocenters. The molecule has 2 heterocycles. The predicted molar refractivity (Wildman–Crippen MR) is 94.8 cm³/mol. The van der Waals surface area contributed by atoms with E-state index in [0.29, 0.717) is 11.3 Å². The van der Waals surface area contributed by atoms with Gasteiger partial charge in [-0.3, -0.25) is 14.5 Å². The molecular weight excluding hydrogens is 324 g/mol. The summed E-state index contributed by atoms with van der Waals surface area (Å²) in [5.41, 5.74) is 1.39. The smallest absolute Gasteiger partial charge is 0.278 e. The van der Waals surface area contributed by atoms with Crippen molar-refractivity contribution in [1.29, 1.82) is 0 Å². The van der Waals surface area contributed by atoms with Gasteiger partial charge in [-0.2, -0.15) is 0 Å². The molecule has 2 aromatic rings. The molecule has 0 spiro atoms. The molecule has 0 radical (unpaired) electrons. The van der Waals surface area contributed by atoms with Crippen LogP contribution in [0.25, 0.3) is 5.57 Å². The van der Waals surface area contributed by atoms with Crippen LogP contribution in [0.4, 0.5) is 5.69 Å². The van der Waals surface area contributed by atoms with Crippen molar-refractivity contribution in [1.82, 2.24) is 4.90 Å². The van der Waals surface area contributed by atoms with Crippen LogP contribution in [-0.2, 0) is 9.59 Å². The van der Waals surface area contributed by atoms with E-state index in [4.69, 9.17) is 4.74 Å². The SMILES string of the molecule is C=CCN1C(=O)C(Nc2ccc(OC)cc2)=C(c2cccs2)C1=O. The lowest BCUT2D eigenvalue weighted by Gasteiger charge is -2.12. The Kier molecular flexibility index (Phi) is 4.48. The summed E-state index contributed by atoms with van der Waals surface area (Å²) in [5, 5.41) is 4.96. The van der Waals surface area contributed by atoms with Crippen molar-refractivity contribution in [3.63, 3.8) is 0 Å². The molecule has 0 unspecified atom stereocenters. The highest BCUT2D eigenvalue weighted by molar-refractivity contribution is 7.11. The quantitative estimate of drug-likeness (QED) is 0.648. The molecule has 6 heteroatoms. The van der Waals surface area contributed by atoms with Gasteiger partial charge in [0.25, 0.3) is 11.8 Å². The van der Waals surface area contributed by atoms with Crippen LogP contribution in [0.1, 0.15) is 4.88 Å². The Morgan fingerprint density at radius 2 is 1.96 bits per heavy atom. The Bertz CT molecular complexity index is 807. The van der Waals surface area contributed by atoms with Crippen molar-refractivity contribution in [2.45, 2.75) is 0 Å². The fourth-order valence-electron chi connectivity index (χ4n) is 2.45. The Balaban J connectivity index is 2.00. The lowest BCUT2D eigenvalue weighted by atomic mass is 10.2. The summed E-state index contributed by atoms with van der Waals surface area (Å²) in [7, 11) is 1.59. The number of ether oxygens (including phenoxy) is 1. The number of methoxy groups -OCH3 is 1. The first-order valence-electron chi connectivity index (χ1n) is 7.32. The largest absolute Gasteiger partial charge is 0.497 e. The maximum Gasteiger partial charge on any atom is 0.278 e. The van der Waals surface area contributed by atoms with E-state index in [-0.39, 0.29) is 24.1 Å². The summed E-state index contributed by atoms with van der Waals surface area (Å²) in [6.45, 7) is 3.79. The zero-order valence-electron chi connectivity index (χ0n) is 13.1. The average molecular weight is 340 g/mol. The highest BCUT2D eigenvalue weighted by Gasteiger charge is 2.38.